The molecule has 1 saturated heterocycles. The molecule has 0 unspecified atom stereocenters. The van der Waals surface area contributed by atoms with Crippen molar-refractivity contribution >= 4 is 17.5 Å². The molecule has 4 rings (SSSR count). The fourth-order valence-corrected chi connectivity index (χ4v) is 4.38. The average Bonchev–Trinajstić information content (AvgIpc) is 2.78. The summed E-state index contributed by atoms with van der Waals surface area (Å²) in [4.78, 5) is 32.4. The van der Waals surface area contributed by atoms with E-state index < -0.39 is 5.41 Å². The average molecular weight is 408 g/mol. The van der Waals surface area contributed by atoms with Crippen LogP contribution in [0.2, 0.25) is 0 Å². The predicted molar refractivity (Wildman–Crippen MR) is 117 cm³/mol. The Balaban J connectivity index is 1.42. The van der Waals surface area contributed by atoms with Crippen molar-refractivity contribution in [1.29, 1.82) is 0 Å². The molecular formula is C24H29N3O3. The first-order valence-electron chi connectivity index (χ1n) is 10.5. The summed E-state index contributed by atoms with van der Waals surface area (Å²) in [6, 6.07) is 15.8. The van der Waals surface area contributed by atoms with Crippen molar-refractivity contribution in [1.82, 2.24) is 9.80 Å². The lowest BCUT2D eigenvalue weighted by Crippen LogP contribution is -2.55. The molecule has 2 aromatic carbocycles. The minimum Gasteiger partial charge on any atom is -0.497 e. The van der Waals surface area contributed by atoms with Crippen LogP contribution in [-0.4, -0.2) is 68.0 Å². The number of piperazine rings is 1. The van der Waals surface area contributed by atoms with Gasteiger partial charge in [0, 0.05) is 50.5 Å². The van der Waals surface area contributed by atoms with Crippen molar-refractivity contribution in [3.8, 4) is 5.75 Å². The molecule has 0 aromatic heterocycles. The van der Waals surface area contributed by atoms with Crippen LogP contribution in [0.1, 0.15) is 29.8 Å². The van der Waals surface area contributed by atoms with Crippen LogP contribution in [0.4, 0.5) is 5.69 Å². The molecule has 6 heteroatoms. The first kappa shape index (κ1) is 20.4. The zero-order valence-electron chi connectivity index (χ0n) is 17.9. The first-order valence-corrected chi connectivity index (χ1v) is 10.5. The standard InChI is InChI=1S/C24H29N3O3/c1-24(2)21-10-9-19(30-3)17-20(21)22(28)27(23(24)29)16-13-25-11-14-26(15-12-25)18-7-5-4-6-8-18/h4-10,17H,11-16H2,1-3H3. The molecular weight excluding hydrogens is 378 g/mol. The van der Waals surface area contributed by atoms with E-state index in [0.717, 1.165) is 31.7 Å². The van der Waals surface area contributed by atoms with Crippen molar-refractivity contribution in [2.75, 3.05) is 51.3 Å². The largest absolute Gasteiger partial charge is 0.497 e. The van der Waals surface area contributed by atoms with Gasteiger partial charge < -0.3 is 9.64 Å². The number of benzene rings is 2. The number of imide groups is 1. The SMILES string of the molecule is COc1ccc2c(c1)C(=O)N(CCN1CCN(c3ccccc3)CC1)C(=O)C2(C)C. The van der Waals surface area contributed by atoms with Gasteiger partial charge in [0.15, 0.2) is 0 Å². The lowest BCUT2D eigenvalue weighted by atomic mass is 9.77. The van der Waals surface area contributed by atoms with Gasteiger partial charge in [-0.1, -0.05) is 24.3 Å². The van der Waals surface area contributed by atoms with E-state index in [2.05, 4.69) is 34.1 Å². The minimum absolute atomic E-state index is 0.131. The van der Waals surface area contributed by atoms with E-state index in [1.54, 1.807) is 13.2 Å². The van der Waals surface area contributed by atoms with E-state index in [0.29, 0.717) is 24.4 Å². The fourth-order valence-electron chi connectivity index (χ4n) is 4.38. The molecule has 2 aliphatic rings. The molecule has 2 aliphatic heterocycles. The Morgan fingerprint density at radius 1 is 0.933 bits per heavy atom. The van der Waals surface area contributed by atoms with Crippen LogP contribution >= 0.6 is 0 Å². The molecule has 0 bridgehead atoms. The summed E-state index contributed by atoms with van der Waals surface area (Å²) >= 11 is 0. The Hall–Kier alpha value is -2.86. The molecule has 6 nitrogen and oxygen atoms in total. The van der Waals surface area contributed by atoms with Crippen LogP contribution in [0.15, 0.2) is 48.5 Å². The molecule has 158 valence electrons. The second-order valence-electron chi connectivity index (χ2n) is 8.46. The van der Waals surface area contributed by atoms with Gasteiger partial charge >= 0.3 is 0 Å². The van der Waals surface area contributed by atoms with Gasteiger partial charge in [0.1, 0.15) is 5.75 Å². The number of methoxy groups -OCH3 is 1. The number of rotatable bonds is 5. The second kappa shape index (κ2) is 8.11. The van der Waals surface area contributed by atoms with Gasteiger partial charge in [-0.15, -0.1) is 0 Å². The quantitative estimate of drug-likeness (QED) is 0.714. The Kier molecular flexibility index (Phi) is 5.52. The maximum absolute atomic E-state index is 13.1. The molecule has 2 heterocycles. The Morgan fingerprint density at radius 3 is 2.30 bits per heavy atom. The van der Waals surface area contributed by atoms with Crippen LogP contribution in [0.25, 0.3) is 0 Å². The summed E-state index contributed by atoms with van der Waals surface area (Å²) in [5.41, 5.74) is 1.84. The number of amides is 2. The second-order valence-corrected chi connectivity index (χ2v) is 8.46. The summed E-state index contributed by atoms with van der Waals surface area (Å²) in [7, 11) is 1.58. The summed E-state index contributed by atoms with van der Waals surface area (Å²) in [6.07, 6.45) is 0. The Morgan fingerprint density at radius 2 is 1.63 bits per heavy atom. The van der Waals surface area contributed by atoms with Gasteiger partial charge in [-0.05, 0) is 43.7 Å². The highest BCUT2D eigenvalue weighted by Gasteiger charge is 2.44. The highest BCUT2D eigenvalue weighted by atomic mass is 16.5. The molecule has 0 spiro atoms. The van der Waals surface area contributed by atoms with Gasteiger partial charge in [-0.25, -0.2) is 0 Å². The zero-order chi connectivity index (χ0) is 21.3. The molecule has 2 amide bonds. The van der Waals surface area contributed by atoms with Crippen LogP contribution in [0.3, 0.4) is 0 Å². The number of anilines is 1. The number of carbonyl (C=O) groups excluding carboxylic acids is 2. The van der Waals surface area contributed by atoms with Crippen molar-refractivity contribution in [3.63, 3.8) is 0 Å². The van der Waals surface area contributed by atoms with Gasteiger partial charge in [-0.3, -0.25) is 19.4 Å². The number of hydrogen-bond acceptors (Lipinski definition) is 5. The Bertz CT molecular complexity index is 934. The molecule has 2 aromatic rings. The number of hydrogen-bond donors (Lipinski definition) is 0. The highest BCUT2D eigenvalue weighted by Crippen LogP contribution is 2.36. The van der Waals surface area contributed by atoms with E-state index in [-0.39, 0.29) is 11.8 Å². The predicted octanol–water partition coefficient (Wildman–Crippen LogP) is 2.78. The van der Waals surface area contributed by atoms with Crippen molar-refractivity contribution in [3.05, 3.63) is 59.7 Å². The number of ether oxygens (including phenoxy) is 1. The number of para-hydroxylation sites is 1. The molecule has 0 aliphatic carbocycles. The van der Waals surface area contributed by atoms with E-state index in [9.17, 15) is 9.59 Å². The normalized spacial score (nSPS) is 19.0. The fraction of sp³-hybridized carbons (Fsp3) is 0.417. The van der Waals surface area contributed by atoms with E-state index in [1.807, 2.05) is 32.0 Å². The molecule has 0 N–H and O–H groups in total. The summed E-state index contributed by atoms with van der Waals surface area (Å²) in [5.74, 6) is 0.272. The molecule has 0 radical (unpaired) electrons. The Labute approximate surface area is 178 Å². The van der Waals surface area contributed by atoms with Gasteiger partial charge in [0.05, 0.1) is 12.5 Å². The van der Waals surface area contributed by atoms with E-state index >= 15 is 0 Å². The monoisotopic (exact) mass is 407 g/mol. The van der Waals surface area contributed by atoms with Gasteiger partial charge in [0.2, 0.25) is 5.91 Å². The van der Waals surface area contributed by atoms with Crippen LogP contribution in [-0.2, 0) is 10.2 Å². The summed E-state index contributed by atoms with van der Waals surface area (Å²) in [6.45, 7) is 8.59. The van der Waals surface area contributed by atoms with E-state index in [4.69, 9.17) is 4.74 Å². The lowest BCUT2D eigenvalue weighted by Gasteiger charge is -2.40. The number of nitrogens with zero attached hydrogens (tertiary/aromatic N) is 3. The van der Waals surface area contributed by atoms with Crippen molar-refractivity contribution < 1.29 is 14.3 Å². The van der Waals surface area contributed by atoms with E-state index in [1.165, 1.54) is 10.6 Å². The van der Waals surface area contributed by atoms with Crippen LogP contribution < -0.4 is 9.64 Å². The highest BCUT2D eigenvalue weighted by molar-refractivity contribution is 6.13. The first-order chi connectivity index (χ1) is 14.4. The maximum Gasteiger partial charge on any atom is 0.260 e. The van der Waals surface area contributed by atoms with Crippen molar-refractivity contribution in [2.24, 2.45) is 0 Å². The van der Waals surface area contributed by atoms with Gasteiger partial charge in [-0.2, -0.15) is 0 Å². The molecule has 0 atom stereocenters. The maximum atomic E-state index is 13.1. The van der Waals surface area contributed by atoms with Gasteiger partial charge in [0.25, 0.3) is 5.91 Å². The molecule has 0 saturated carbocycles. The molecule has 30 heavy (non-hydrogen) atoms. The lowest BCUT2D eigenvalue weighted by molar-refractivity contribution is -0.134. The van der Waals surface area contributed by atoms with Crippen LogP contribution in [0, 0.1) is 0 Å². The number of carbonyl (C=O) groups is 2. The van der Waals surface area contributed by atoms with Crippen LogP contribution in [0.5, 0.6) is 5.75 Å². The smallest absolute Gasteiger partial charge is 0.260 e. The third-order valence-electron chi connectivity index (χ3n) is 6.29. The number of fused-ring (bicyclic) bond motifs is 1. The third-order valence-corrected chi connectivity index (χ3v) is 6.29. The topological polar surface area (TPSA) is 53.1 Å². The summed E-state index contributed by atoms with van der Waals surface area (Å²) in [5, 5.41) is 0. The summed E-state index contributed by atoms with van der Waals surface area (Å²) < 4.78 is 5.29. The van der Waals surface area contributed by atoms with Crippen molar-refractivity contribution in [2.45, 2.75) is 19.3 Å². The zero-order valence-corrected chi connectivity index (χ0v) is 17.9. The molecule has 1 fully saturated rings. The third kappa shape index (κ3) is 3.67. The minimum atomic E-state index is -0.735.